The van der Waals surface area contributed by atoms with Crippen molar-refractivity contribution >= 4 is 6.08 Å². The third kappa shape index (κ3) is 5.52. The second-order valence-electron chi connectivity index (χ2n) is 5.56. The predicted octanol–water partition coefficient (Wildman–Crippen LogP) is 4.25. The highest BCUT2D eigenvalue weighted by atomic mass is 19.1. The van der Waals surface area contributed by atoms with Crippen molar-refractivity contribution in [1.29, 1.82) is 0 Å². The fraction of sp³-hybridized carbons (Fsp3) is 0.500. The molecule has 1 N–H and O–H groups in total. The molecule has 0 radical (unpaired) electrons. The zero-order valence-corrected chi connectivity index (χ0v) is 12.1. The highest BCUT2D eigenvalue weighted by molar-refractivity contribution is 5.54. The van der Waals surface area contributed by atoms with Gasteiger partial charge in [-0.3, -0.25) is 0 Å². The van der Waals surface area contributed by atoms with Gasteiger partial charge in [-0.05, 0) is 30.5 Å². The largest absolute Gasteiger partial charge is 0.313 e. The summed E-state index contributed by atoms with van der Waals surface area (Å²) < 4.78 is 26.5. The van der Waals surface area contributed by atoms with Gasteiger partial charge < -0.3 is 5.32 Å². The lowest BCUT2D eigenvalue weighted by atomic mass is 9.99. The summed E-state index contributed by atoms with van der Waals surface area (Å²) in [5.41, 5.74) is 1.56. The van der Waals surface area contributed by atoms with E-state index >= 15 is 0 Å². The number of hydrogen-bond acceptors (Lipinski definition) is 1. The zero-order valence-electron chi connectivity index (χ0n) is 12.1. The van der Waals surface area contributed by atoms with Crippen LogP contribution in [0.15, 0.2) is 23.8 Å². The van der Waals surface area contributed by atoms with Crippen LogP contribution >= 0.6 is 0 Å². The van der Waals surface area contributed by atoms with Crippen molar-refractivity contribution in [3.63, 3.8) is 0 Å². The van der Waals surface area contributed by atoms with Crippen molar-refractivity contribution in [3.05, 3.63) is 41.0 Å². The van der Waals surface area contributed by atoms with Gasteiger partial charge in [0.15, 0.2) is 0 Å². The second-order valence-corrected chi connectivity index (χ2v) is 5.56. The van der Waals surface area contributed by atoms with E-state index in [9.17, 15) is 8.78 Å². The first-order valence-corrected chi connectivity index (χ1v) is 6.76. The van der Waals surface area contributed by atoms with Gasteiger partial charge in [-0.1, -0.05) is 39.3 Å². The Morgan fingerprint density at radius 1 is 1.21 bits per heavy atom. The van der Waals surface area contributed by atoms with Gasteiger partial charge in [0.25, 0.3) is 0 Å². The van der Waals surface area contributed by atoms with E-state index in [1.54, 1.807) is 0 Å². The summed E-state index contributed by atoms with van der Waals surface area (Å²) in [7, 11) is 0. The van der Waals surface area contributed by atoms with Crippen LogP contribution in [0.25, 0.3) is 6.08 Å². The van der Waals surface area contributed by atoms with E-state index in [4.69, 9.17) is 0 Å². The van der Waals surface area contributed by atoms with Crippen molar-refractivity contribution in [2.75, 3.05) is 13.1 Å². The maximum atomic E-state index is 13.6. The third-order valence-corrected chi connectivity index (χ3v) is 2.93. The fourth-order valence-corrected chi connectivity index (χ4v) is 1.75. The molecule has 0 aliphatic carbocycles. The first-order valence-electron chi connectivity index (χ1n) is 6.76. The van der Waals surface area contributed by atoms with Crippen LogP contribution in [0.5, 0.6) is 0 Å². The summed E-state index contributed by atoms with van der Waals surface area (Å²) in [5.74, 6) is -0.152. The van der Waals surface area contributed by atoms with Crippen LogP contribution in [0.2, 0.25) is 0 Å². The summed E-state index contributed by atoms with van der Waals surface area (Å²) in [5, 5.41) is 3.35. The van der Waals surface area contributed by atoms with E-state index in [-0.39, 0.29) is 0 Å². The van der Waals surface area contributed by atoms with Gasteiger partial charge in [-0.15, -0.1) is 0 Å². The van der Waals surface area contributed by atoms with Crippen LogP contribution < -0.4 is 5.32 Å². The first-order chi connectivity index (χ1) is 8.90. The Morgan fingerprint density at radius 3 is 2.42 bits per heavy atom. The van der Waals surface area contributed by atoms with Crippen LogP contribution in [0.1, 0.15) is 33.3 Å². The topological polar surface area (TPSA) is 12.0 Å². The molecule has 0 saturated heterocycles. The average molecular weight is 267 g/mol. The Kier molecular flexibility index (Phi) is 6.16. The van der Waals surface area contributed by atoms with E-state index < -0.39 is 11.6 Å². The number of nitrogens with one attached hydrogen (secondary N) is 1. The van der Waals surface area contributed by atoms with Gasteiger partial charge in [0.1, 0.15) is 11.6 Å². The summed E-state index contributed by atoms with van der Waals surface area (Å²) in [6.07, 6.45) is 1.81. The molecular weight excluding hydrogens is 244 g/mol. The van der Waals surface area contributed by atoms with E-state index in [2.05, 4.69) is 33.0 Å². The Morgan fingerprint density at radius 2 is 1.89 bits per heavy atom. The van der Waals surface area contributed by atoms with Crippen LogP contribution in [-0.4, -0.2) is 13.1 Å². The highest BCUT2D eigenvalue weighted by Crippen LogP contribution is 2.17. The molecule has 0 bridgehead atoms. The van der Waals surface area contributed by atoms with Crippen molar-refractivity contribution in [2.24, 2.45) is 11.8 Å². The van der Waals surface area contributed by atoms with Crippen molar-refractivity contribution in [3.8, 4) is 0 Å². The Labute approximate surface area is 114 Å². The molecule has 1 aromatic rings. The van der Waals surface area contributed by atoms with Gasteiger partial charge in [-0.2, -0.15) is 0 Å². The SMILES string of the molecule is CC(C)CNCC(=Cc1ccc(F)cc1F)C(C)C. The smallest absolute Gasteiger partial charge is 0.133 e. The molecular formula is C16H23F2N. The molecule has 1 rings (SSSR count). The third-order valence-electron chi connectivity index (χ3n) is 2.93. The van der Waals surface area contributed by atoms with Gasteiger partial charge in [0, 0.05) is 18.2 Å². The lowest BCUT2D eigenvalue weighted by Gasteiger charge is -2.14. The van der Waals surface area contributed by atoms with Crippen molar-refractivity contribution in [1.82, 2.24) is 5.32 Å². The van der Waals surface area contributed by atoms with Gasteiger partial charge >= 0.3 is 0 Å². The highest BCUT2D eigenvalue weighted by Gasteiger charge is 2.07. The molecule has 0 saturated carbocycles. The lowest BCUT2D eigenvalue weighted by molar-refractivity contribution is 0.557. The Balaban J connectivity index is 2.82. The average Bonchev–Trinajstić information content (AvgIpc) is 2.30. The molecule has 3 heteroatoms. The number of benzene rings is 1. The normalized spacial score (nSPS) is 12.5. The predicted molar refractivity (Wildman–Crippen MR) is 76.9 cm³/mol. The maximum Gasteiger partial charge on any atom is 0.133 e. The monoisotopic (exact) mass is 267 g/mol. The second kappa shape index (κ2) is 7.39. The van der Waals surface area contributed by atoms with Crippen LogP contribution in [0.4, 0.5) is 8.78 Å². The molecule has 0 amide bonds. The maximum absolute atomic E-state index is 13.6. The quantitative estimate of drug-likeness (QED) is 0.812. The standard InChI is InChI=1S/C16H23F2N/c1-11(2)9-19-10-14(12(3)4)7-13-5-6-15(17)8-16(13)18/h5-8,11-12,19H,9-10H2,1-4H3. The molecule has 0 unspecified atom stereocenters. The molecule has 0 spiro atoms. The summed E-state index contributed by atoms with van der Waals surface area (Å²) >= 11 is 0. The molecule has 19 heavy (non-hydrogen) atoms. The summed E-state index contributed by atoms with van der Waals surface area (Å²) in [6.45, 7) is 10.1. The molecule has 1 aromatic carbocycles. The molecule has 0 aliphatic rings. The molecule has 1 nitrogen and oxygen atoms in total. The van der Waals surface area contributed by atoms with E-state index in [1.807, 2.05) is 6.08 Å². The summed E-state index contributed by atoms with van der Waals surface area (Å²) in [4.78, 5) is 0. The van der Waals surface area contributed by atoms with Crippen LogP contribution in [0.3, 0.4) is 0 Å². The number of halogens is 2. The Hall–Kier alpha value is -1.22. The minimum Gasteiger partial charge on any atom is -0.313 e. The van der Waals surface area contributed by atoms with Crippen molar-refractivity contribution < 1.29 is 8.78 Å². The fourth-order valence-electron chi connectivity index (χ4n) is 1.75. The summed E-state index contributed by atoms with van der Waals surface area (Å²) in [6, 6.07) is 3.69. The van der Waals surface area contributed by atoms with Gasteiger partial charge in [0.2, 0.25) is 0 Å². The van der Waals surface area contributed by atoms with Crippen LogP contribution in [0, 0.1) is 23.5 Å². The van der Waals surface area contributed by atoms with E-state index in [0.717, 1.165) is 24.7 Å². The van der Waals surface area contributed by atoms with Crippen molar-refractivity contribution in [2.45, 2.75) is 27.7 Å². The molecule has 0 aromatic heterocycles. The molecule has 0 fully saturated rings. The molecule has 106 valence electrons. The van der Waals surface area contributed by atoms with E-state index in [0.29, 0.717) is 17.4 Å². The molecule has 0 atom stereocenters. The zero-order chi connectivity index (χ0) is 14.4. The number of hydrogen-bond donors (Lipinski definition) is 1. The first kappa shape index (κ1) is 15.8. The number of rotatable bonds is 6. The Bertz CT molecular complexity index is 436. The van der Waals surface area contributed by atoms with Gasteiger partial charge in [0.05, 0.1) is 0 Å². The van der Waals surface area contributed by atoms with Gasteiger partial charge in [-0.25, -0.2) is 8.78 Å². The molecule has 0 heterocycles. The molecule has 0 aliphatic heterocycles. The van der Waals surface area contributed by atoms with Crippen LogP contribution in [-0.2, 0) is 0 Å². The lowest BCUT2D eigenvalue weighted by Crippen LogP contribution is -2.23. The minimum atomic E-state index is -0.543. The minimum absolute atomic E-state index is 0.323. The van der Waals surface area contributed by atoms with E-state index in [1.165, 1.54) is 12.1 Å².